The van der Waals surface area contributed by atoms with Crippen molar-refractivity contribution < 1.29 is 13.9 Å². The third kappa shape index (κ3) is 3.51. The van der Waals surface area contributed by atoms with Crippen molar-refractivity contribution in [2.75, 3.05) is 19.8 Å². The van der Waals surface area contributed by atoms with E-state index in [2.05, 4.69) is 4.98 Å². The molecular formula is C19H19N3O4. The van der Waals surface area contributed by atoms with Gasteiger partial charge in [-0.25, -0.2) is 9.59 Å². The average molecular weight is 353 g/mol. The Morgan fingerprint density at radius 2 is 2.04 bits per heavy atom. The summed E-state index contributed by atoms with van der Waals surface area (Å²) in [6.07, 6.45) is -0.152. The molecule has 0 saturated carbocycles. The molecule has 0 unspecified atom stereocenters. The first-order valence-corrected chi connectivity index (χ1v) is 8.02. The summed E-state index contributed by atoms with van der Waals surface area (Å²) in [4.78, 5) is 29.5. The largest absolute Gasteiger partial charge is 0.416 e. The molecule has 0 aliphatic carbocycles. The van der Waals surface area contributed by atoms with Crippen LogP contribution in [0.3, 0.4) is 0 Å². The molecular weight excluding hydrogens is 334 g/mol. The van der Waals surface area contributed by atoms with Crippen LogP contribution in [0, 0.1) is 6.92 Å². The van der Waals surface area contributed by atoms with Crippen molar-refractivity contribution in [2.45, 2.75) is 13.3 Å². The highest BCUT2D eigenvalue weighted by molar-refractivity contribution is 5.79. The molecule has 7 nitrogen and oxygen atoms in total. The molecule has 0 spiro atoms. The number of nitrogens with zero attached hydrogens (tertiary/aromatic N) is 2. The van der Waals surface area contributed by atoms with E-state index in [0.717, 1.165) is 11.1 Å². The number of amides is 1. The second kappa shape index (κ2) is 6.87. The standard InChI is InChI=1S/C19H19N3O4/c1-11-14-7-8-16(25-19(24)22(2)3)21-17(14)26-18(23)15(11)10-12-5-4-6-13(20)9-12/h4-9H,10,20H2,1-3H3. The van der Waals surface area contributed by atoms with Gasteiger partial charge < -0.3 is 19.8 Å². The number of benzene rings is 1. The second-order valence-electron chi connectivity index (χ2n) is 6.18. The monoisotopic (exact) mass is 353 g/mol. The van der Waals surface area contributed by atoms with Crippen molar-refractivity contribution in [3.8, 4) is 5.88 Å². The summed E-state index contributed by atoms with van der Waals surface area (Å²) < 4.78 is 10.5. The predicted molar refractivity (Wildman–Crippen MR) is 98.4 cm³/mol. The lowest BCUT2D eigenvalue weighted by molar-refractivity contribution is 0.170. The first kappa shape index (κ1) is 17.5. The highest BCUT2D eigenvalue weighted by atomic mass is 16.6. The Labute approximate surface area is 150 Å². The number of pyridine rings is 1. The van der Waals surface area contributed by atoms with Crippen molar-refractivity contribution in [2.24, 2.45) is 0 Å². The normalized spacial score (nSPS) is 10.7. The Kier molecular flexibility index (Phi) is 4.62. The fourth-order valence-corrected chi connectivity index (χ4v) is 2.60. The van der Waals surface area contributed by atoms with Crippen LogP contribution in [0.15, 0.2) is 45.6 Å². The Morgan fingerprint density at radius 1 is 1.27 bits per heavy atom. The van der Waals surface area contributed by atoms with Crippen molar-refractivity contribution in [1.29, 1.82) is 0 Å². The number of fused-ring (bicyclic) bond motifs is 1. The Hall–Kier alpha value is -3.35. The third-order valence-corrected chi connectivity index (χ3v) is 4.02. The van der Waals surface area contributed by atoms with E-state index in [1.807, 2.05) is 25.1 Å². The van der Waals surface area contributed by atoms with E-state index in [9.17, 15) is 9.59 Å². The van der Waals surface area contributed by atoms with E-state index < -0.39 is 11.7 Å². The topological polar surface area (TPSA) is 98.7 Å². The Bertz CT molecular complexity index is 1040. The van der Waals surface area contributed by atoms with Gasteiger partial charge in [0.1, 0.15) is 0 Å². The number of hydrogen-bond acceptors (Lipinski definition) is 6. The first-order valence-electron chi connectivity index (χ1n) is 8.02. The lowest BCUT2D eigenvalue weighted by Crippen LogP contribution is -2.25. The molecule has 0 fully saturated rings. The van der Waals surface area contributed by atoms with Gasteiger partial charge in [0.05, 0.1) is 0 Å². The SMILES string of the molecule is Cc1c(Cc2cccc(N)c2)c(=O)oc2nc(OC(=O)N(C)C)ccc12. The van der Waals surface area contributed by atoms with Crippen molar-refractivity contribution in [1.82, 2.24) is 9.88 Å². The van der Waals surface area contributed by atoms with E-state index >= 15 is 0 Å². The van der Waals surface area contributed by atoms with Crippen LogP contribution in [-0.4, -0.2) is 30.1 Å². The predicted octanol–water partition coefficient (Wildman–Crippen LogP) is 2.73. The zero-order valence-corrected chi connectivity index (χ0v) is 14.8. The zero-order valence-electron chi connectivity index (χ0n) is 14.8. The maximum atomic E-state index is 12.4. The van der Waals surface area contributed by atoms with Crippen LogP contribution >= 0.6 is 0 Å². The minimum Gasteiger partial charge on any atom is -0.403 e. The van der Waals surface area contributed by atoms with Gasteiger partial charge in [0.15, 0.2) is 0 Å². The van der Waals surface area contributed by atoms with E-state index in [1.165, 1.54) is 4.90 Å². The molecule has 0 bridgehead atoms. The second-order valence-corrected chi connectivity index (χ2v) is 6.18. The van der Waals surface area contributed by atoms with Gasteiger partial charge >= 0.3 is 11.7 Å². The number of ether oxygens (including phenoxy) is 1. The molecule has 0 radical (unpaired) electrons. The molecule has 134 valence electrons. The summed E-state index contributed by atoms with van der Waals surface area (Å²) in [5.74, 6) is 0.0716. The van der Waals surface area contributed by atoms with Gasteiger partial charge in [-0.05, 0) is 36.2 Å². The molecule has 2 N–H and O–H groups in total. The van der Waals surface area contributed by atoms with E-state index in [-0.39, 0.29) is 11.6 Å². The van der Waals surface area contributed by atoms with Crippen LogP contribution in [-0.2, 0) is 6.42 Å². The van der Waals surface area contributed by atoms with Crippen LogP contribution in [0.1, 0.15) is 16.7 Å². The lowest BCUT2D eigenvalue weighted by atomic mass is 10.0. The molecule has 1 aromatic carbocycles. The maximum Gasteiger partial charge on any atom is 0.416 e. The van der Waals surface area contributed by atoms with Gasteiger partial charge in [-0.1, -0.05) is 12.1 Å². The molecule has 7 heteroatoms. The fourth-order valence-electron chi connectivity index (χ4n) is 2.60. The molecule has 2 aromatic heterocycles. The number of aromatic nitrogens is 1. The maximum absolute atomic E-state index is 12.4. The van der Waals surface area contributed by atoms with Crippen LogP contribution in [0.4, 0.5) is 10.5 Å². The smallest absolute Gasteiger partial charge is 0.403 e. The zero-order chi connectivity index (χ0) is 18.8. The summed E-state index contributed by atoms with van der Waals surface area (Å²) >= 11 is 0. The average Bonchev–Trinajstić information content (AvgIpc) is 2.58. The summed E-state index contributed by atoms with van der Waals surface area (Å²) in [6.45, 7) is 1.84. The van der Waals surface area contributed by atoms with E-state index in [1.54, 1.807) is 32.3 Å². The summed E-state index contributed by atoms with van der Waals surface area (Å²) in [7, 11) is 3.13. The minimum atomic E-state index is -0.561. The summed E-state index contributed by atoms with van der Waals surface area (Å²) in [6, 6.07) is 10.7. The minimum absolute atomic E-state index is 0.0716. The van der Waals surface area contributed by atoms with E-state index in [4.69, 9.17) is 14.9 Å². The Morgan fingerprint density at radius 3 is 2.73 bits per heavy atom. The van der Waals surface area contributed by atoms with Gasteiger partial charge in [0, 0.05) is 43.2 Å². The number of aryl methyl sites for hydroxylation is 1. The molecule has 3 aromatic rings. The van der Waals surface area contributed by atoms with Crippen molar-refractivity contribution in [3.05, 3.63) is 63.5 Å². The summed E-state index contributed by atoms with van der Waals surface area (Å²) in [5.41, 5.74) is 8.34. The van der Waals surface area contributed by atoms with Crippen molar-refractivity contribution in [3.63, 3.8) is 0 Å². The number of carbonyl (C=O) groups excluding carboxylic acids is 1. The number of nitrogen functional groups attached to an aromatic ring is 1. The molecule has 0 saturated heterocycles. The molecule has 26 heavy (non-hydrogen) atoms. The Balaban J connectivity index is 2.00. The van der Waals surface area contributed by atoms with Crippen LogP contribution in [0.25, 0.3) is 11.1 Å². The highest BCUT2D eigenvalue weighted by Gasteiger charge is 2.15. The highest BCUT2D eigenvalue weighted by Crippen LogP contribution is 2.23. The van der Waals surface area contributed by atoms with Gasteiger partial charge in [-0.2, -0.15) is 4.98 Å². The number of rotatable bonds is 3. The quantitative estimate of drug-likeness (QED) is 0.727. The number of carbonyl (C=O) groups is 1. The molecule has 2 heterocycles. The number of hydrogen-bond donors (Lipinski definition) is 1. The van der Waals surface area contributed by atoms with Gasteiger partial charge in [0.2, 0.25) is 11.6 Å². The van der Waals surface area contributed by atoms with Crippen LogP contribution in [0.5, 0.6) is 5.88 Å². The molecule has 0 aliphatic heterocycles. The molecule has 3 rings (SSSR count). The van der Waals surface area contributed by atoms with E-state index in [0.29, 0.717) is 23.1 Å². The fraction of sp³-hybridized carbons (Fsp3) is 0.211. The lowest BCUT2D eigenvalue weighted by Gasteiger charge is -2.11. The molecule has 0 aliphatic rings. The van der Waals surface area contributed by atoms with Gasteiger partial charge in [-0.15, -0.1) is 0 Å². The number of anilines is 1. The number of nitrogens with two attached hydrogens (primary N) is 1. The van der Waals surface area contributed by atoms with Crippen LogP contribution in [0.2, 0.25) is 0 Å². The van der Waals surface area contributed by atoms with Crippen LogP contribution < -0.4 is 16.1 Å². The van der Waals surface area contributed by atoms with Gasteiger partial charge in [-0.3, -0.25) is 0 Å². The first-order chi connectivity index (χ1) is 12.3. The molecule has 1 amide bonds. The van der Waals surface area contributed by atoms with Crippen molar-refractivity contribution >= 4 is 22.9 Å². The van der Waals surface area contributed by atoms with Gasteiger partial charge in [0.25, 0.3) is 0 Å². The summed E-state index contributed by atoms with van der Waals surface area (Å²) in [5, 5.41) is 0.688. The molecule has 0 atom stereocenters. The third-order valence-electron chi connectivity index (χ3n) is 4.02.